The molecule has 5 nitrogen and oxygen atoms in total. The van der Waals surface area contributed by atoms with Crippen LogP contribution in [0.15, 0.2) is 12.4 Å². The van der Waals surface area contributed by atoms with Gasteiger partial charge in [0.25, 0.3) is 0 Å². The van der Waals surface area contributed by atoms with Crippen LogP contribution >= 0.6 is 0 Å². The molecule has 0 unspecified atom stereocenters. The second-order valence-corrected chi connectivity index (χ2v) is 3.17. The van der Waals surface area contributed by atoms with Gasteiger partial charge in [0.1, 0.15) is 16.9 Å². The first-order valence-electron chi connectivity index (χ1n) is 4.39. The van der Waals surface area contributed by atoms with Crippen molar-refractivity contribution < 1.29 is 0 Å². The van der Waals surface area contributed by atoms with E-state index in [0.29, 0.717) is 5.82 Å². The summed E-state index contributed by atoms with van der Waals surface area (Å²) in [5.74, 6) is 1.30. The van der Waals surface area contributed by atoms with Crippen LogP contribution in [0.1, 0.15) is 5.56 Å². The molecule has 0 amide bonds. The number of nitrogens with two attached hydrogens (primary N) is 1. The fourth-order valence-electron chi connectivity index (χ4n) is 1.67. The Morgan fingerprint density at radius 3 is 3.29 bits per heavy atom. The minimum Gasteiger partial charge on any atom is -0.382 e. The van der Waals surface area contributed by atoms with Crippen molar-refractivity contribution in [3.63, 3.8) is 0 Å². The maximum Gasteiger partial charge on any atom is 0.151 e. The quantitative estimate of drug-likeness (QED) is 0.574. The lowest BCUT2D eigenvalue weighted by atomic mass is 10.1. The Morgan fingerprint density at radius 1 is 1.43 bits per heavy atom. The van der Waals surface area contributed by atoms with E-state index in [1.54, 1.807) is 6.33 Å². The molecule has 0 saturated carbocycles. The number of aromatic nitrogens is 3. The van der Waals surface area contributed by atoms with Crippen LogP contribution in [-0.4, -0.2) is 21.5 Å². The highest BCUT2D eigenvalue weighted by atomic mass is 15.0. The minimum atomic E-state index is 0.485. The maximum absolute atomic E-state index is 5.78. The van der Waals surface area contributed by atoms with E-state index in [4.69, 9.17) is 5.73 Å². The maximum atomic E-state index is 5.78. The third-order valence-electron chi connectivity index (χ3n) is 2.31. The molecular weight excluding hydrogens is 178 g/mol. The number of fused-ring (bicyclic) bond motifs is 3. The van der Waals surface area contributed by atoms with Crippen molar-refractivity contribution >= 4 is 28.7 Å². The summed E-state index contributed by atoms with van der Waals surface area (Å²) < 4.78 is 0. The normalized spacial score (nSPS) is 14.0. The summed E-state index contributed by atoms with van der Waals surface area (Å²) >= 11 is 0. The monoisotopic (exact) mass is 187 g/mol. The van der Waals surface area contributed by atoms with Crippen LogP contribution in [-0.2, 0) is 0 Å². The van der Waals surface area contributed by atoms with Crippen molar-refractivity contribution in [3.05, 3.63) is 18.0 Å². The Bertz CT molecular complexity index is 525. The van der Waals surface area contributed by atoms with E-state index < -0.39 is 0 Å². The number of nitrogens with zero attached hydrogens (tertiary/aromatic N) is 2. The molecule has 3 rings (SSSR count). The van der Waals surface area contributed by atoms with Crippen LogP contribution in [0.3, 0.4) is 0 Å². The highest BCUT2D eigenvalue weighted by Crippen LogP contribution is 2.28. The van der Waals surface area contributed by atoms with E-state index in [2.05, 4.69) is 20.3 Å². The summed E-state index contributed by atoms with van der Waals surface area (Å²) in [7, 11) is 0. The molecule has 0 saturated heterocycles. The summed E-state index contributed by atoms with van der Waals surface area (Å²) in [6.45, 7) is 0.787. The topological polar surface area (TPSA) is 79.6 Å². The Labute approximate surface area is 80.1 Å². The summed E-state index contributed by atoms with van der Waals surface area (Å²) in [5, 5.41) is 3.15. The summed E-state index contributed by atoms with van der Waals surface area (Å²) in [4.78, 5) is 11.5. The van der Waals surface area contributed by atoms with Gasteiger partial charge in [-0.3, -0.25) is 0 Å². The molecule has 3 heterocycles. The van der Waals surface area contributed by atoms with Gasteiger partial charge in [0.05, 0.1) is 6.33 Å². The van der Waals surface area contributed by atoms with Gasteiger partial charge in [0, 0.05) is 12.1 Å². The zero-order valence-corrected chi connectivity index (χ0v) is 7.41. The zero-order chi connectivity index (χ0) is 9.54. The lowest BCUT2D eigenvalue weighted by Gasteiger charge is -2.12. The highest BCUT2D eigenvalue weighted by Gasteiger charge is 2.13. The number of rotatable bonds is 0. The van der Waals surface area contributed by atoms with Gasteiger partial charge >= 0.3 is 0 Å². The van der Waals surface area contributed by atoms with Crippen molar-refractivity contribution in [2.45, 2.75) is 0 Å². The number of pyridine rings is 1. The molecule has 14 heavy (non-hydrogen) atoms. The van der Waals surface area contributed by atoms with Crippen molar-refractivity contribution in [2.75, 3.05) is 17.6 Å². The third-order valence-corrected chi connectivity index (χ3v) is 2.31. The Kier molecular flexibility index (Phi) is 1.30. The first-order chi connectivity index (χ1) is 6.86. The number of hydrogen-bond acceptors (Lipinski definition) is 4. The van der Waals surface area contributed by atoms with Crippen molar-refractivity contribution in [2.24, 2.45) is 0 Å². The van der Waals surface area contributed by atoms with E-state index in [0.717, 1.165) is 29.0 Å². The molecule has 2 aromatic heterocycles. The summed E-state index contributed by atoms with van der Waals surface area (Å²) in [5.41, 5.74) is 8.45. The average molecular weight is 187 g/mol. The SMILES string of the molecule is Nc1nc2c(c3nc[nH]c13)C=CCN2. The number of anilines is 2. The molecule has 0 radical (unpaired) electrons. The molecule has 2 aromatic rings. The fraction of sp³-hybridized carbons (Fsp3) is 0.111. The van der Waals surface area contributed by atoms with Gasteiger partial charge in [-0.05, 0) is 0 Å². The summed E-state index contributed by atoms with van der Waals surface area (Å²) in [6.07, 6.45) is 5.68. The van der Waals surface area contributed by atoms with Crippen LogP contribution in [0.5, 0.6) is 0 Å². The molecule has 0 fully saturated rings. The summed E-state index contributed by atoms with van der Waals surface area (Å²) in [6, 6.07) is 0. The van der Waals surface area contributed by atoms with Gasteiger partial charge in [-0.15, -0.1) is 0 Å². The Hall–Kier alpha value is -2.04. The number of H-pyrrole nitrogens is 1. The van der Waals surface area contributed by atoms with Gasteiger partial charge < -0.3 is 16.0 Å². The number of nitrogens with one attached hydrogen (secondary N) is 2. The number of hydrogen-bond donors (Lipinski definition) is 3. The number of imidazole rings is 1. The largest absolute Gasteiger partial charge is 0.382 e. The zero-order valence-electron chi connectivity index (χ0n) is 7.41. The molecule has 1 aliphatic rings. The van der Waals surface area contributed by atoms with Gasteiger partial charge in [0.2, 0.25) is 0 Å². The average Bonchev–Trinajstić information content (AvgIpc) is 2.67. The van der Waals surface area contributed by atoms with Crippen LogP contribution in [0.4, 0.5) is 11.6 Å². The van der Waals surface area contributed by atoms with Crippen LogP contribution in [0.2, 0.25) is 0 Å². The molecule has 0 aliphatic carbocycles. The molecule has 1 aliphatic heterocycles. The number of nitrogen functional groups attached to an aromatic ring is 1. The highest BCUT2D eigenvalue weighted by molar-refractivity contribution is 5.95. The second kappa shape index (κ2) is 2.47. The Balaban J connectivity index is 2.46. The molecule has 0 atom stereocenters. The third kappa shape index (κ3) is 0.834. The smallest absolute Gasteiger partial charge is 0.151 e. The minimum absolute atomic E-state index is 0.485. The van der Waals surface area contributed by atoms with Crippen LogP contribution < -0.4 is 11.1 Å². The van der Waals surface area contributed by atoms with Crippen molar-refractivity contribution in [3.8, 4) is 0 Å². The standard InChI is InChI=1S/C9H9N5/c10-8-7-6(12-4-13-7)5-2-1-3-11-9(5)14-8/h1-2,4H,3H2,(H,12,13)(H3,10,11,14). The van der Waals surface area contributed by atoms with Gasteiger partial charge in [0.15, 0.2) is 5.82 Å². The molecule has 5 heteroatoms. The van der Waals surface area contributed by atoms with Crippen LogP contribution in [0.25, 0.3) is 17.1 Å². The lowest BCUT2D eigenvalue weighted by molar-refractivity contribution is 1.22. The van der Waals surface area contributed by atoms with E-state index in [1.807, 2.05) is 12.2 Å². The molecule has 0 bridgehead atoms. The molecular formula is C9H9N5. The van der Waals surface area contributed by atoms with E-state index >= 15 is 0 Å². The van der Waals surface area contributed by atoms with E-state index in [9.17, 15) is 0 Å². The van der Waals surface area contributed by atoms with E-state index in [1.165, 1.54) is 0 Å². The molecule has 4 N–H and O–H groups in total. The first kappa shape index (κ1) is 7.37. The van der Waals surface area contributed by atoms with E-state index in [-0.39, 0.29) is 0 Å². The second-order valence-electron chi connectivity index (χ2n) is 3.17. The van der Waals surface area contributed by atoms with Gasteiger partial charge in [-0.2, -0.15) is 0 Å². The molecule has 0 aromatic carbocycles. The van der Waals surface area contributed by atoms with Crippen molar-refractivity contribution in [1.29, 1.82) is 0 Å². The Morgan fingerprint density at radius 2 is 2.36 bits per heavy atom. The first-order valence-corrected chi connectivity index (χ1v) is 4.39. The predicted molar refractivity (Wildman–Crippen MR) is 55.8 cm³/mol. The molecule has 70 valence electrons. The fourth-order valence-corrected chi connectivity index (χ4v) is 1.67. The van der Waals surface area contributed by atoms with Crippen molar-refractivity contribution in [1.82, 2.24) is 15.0 Å². The molecule has 0 spiro atoms. The van der Waals surface area contributed by atoms with Gasteiger partial charge in [-0.1, -0.05) is 12.2 Å². The lowest BCUT2D eigenvalue weighted by Crippen LogP contribution is -2.08. The van der Waals surface area contributed by atoms with Gasteiger partial charge in [-0.25, -0.2) is 9.97 Å². The van der Waals surface area contributed by atoms with Crippen LogP contribution in [0, 0.1) is 0 Å². The number of aromatic amines is 1. The predicted octanol–water partition coefficient (Wildman–Crippen LogP) is 0.979.